The Labute approximate surface area is 123 Å². The summed E-state index contributed by atoms with van der Waals surface area (Å²) in [5.41, 5.74) is 1.25. The van der Waals surface area contributed by atoms with Crippen molar-refractivity contribution in [1.82, 2.24) is 10.3 Å². The zero-order valence-electron chi connectivity index (χ0n) is 13.1. The maximum Gasteiger partial charge on any atom is 0.213 e. The van der Waals surface area contributed by atoms with Gasteiger partial charge in [0.05, 0.1) is 0 Å². The summed E-state index contributed by atoms with van der Waals surface area (Å²) in [4.78, 5) is 4.36. The van der Waals surface area contributed by atoms with Crippen molar-refractivity contribution in [1.29, 1.82) is 0 Å². The monoisotopic (exact) mass is 276 g/mol. The normalized spacial score (nSPS) is 26.4. The molecule has 1 aromatic heterocycles. The SMILES string of the molecule is CCCNCc1ccnc(OC2CC(C)CC(C)C2)c1. The summed E-state index contributed by atoms with van der Waals surface area (Å²) in [5, 5.41) is 3.41. The van der Waals surface area contributed by atoms with Crippen LogP contribution in [0.25, 0.3) is 0 Å². The van der Waals surface area contributed by atoms with Crippen LogP contribution in [0.5, 0.6) is 5.88 Å². The summed E-state index contributed by atoms with van der Waals surface area (Å²) in [6.45, 7) is 8.77. The number of pyridine rings is 1. The van der Waals surface area contributed by atoms with Gasteiger partial charge >= 0.3 is 0 Å². The predicted octanol–water partition coefficient (Wildman–Crippen LogP) is 3.78. The number of aromatic nitrogens is 1. The third kappa shape index (κ3) is 4.78. The number of nitrogens with zero attached hydrogens (tertiary/aromatic N) is 1. The molecule has 1 aliphatic rings. The highest BCUT2D eigenvalue weighted by Gasteiger charge is 2.25. The van der Waals surface area contributed by atoms with Crippen molar-refractivity contribution in [2.24, 2.45) is 11.8 Å². The number of hydrogen-bond donors (Lipinski definition) is 1. The predicted molar refractivity (Wildman–Crippen MR) is 82.8 cm³/mol. The van der Waals surface area contributed by atoms with E-state index in [1.165, 1.54) is 12.0 Å². The van der Waals surface area contributed by atoms with Crippen LogP contribution in [0.15, 0.2) is 18.3 Å². The van der Waals surface area contributed by atoms with Gasteiger partial charge in [0.15, 0.2) is 0 Å². The van der Waals surface area contributed by atoms with Crippen LogP contribution >= 0.6 is 0 Å². The highest BCUT2D eigenvalue weighted by molar-refractivity contribution is 5.20. The third-order valence-electron chi connectivity index (χ3n) is 3.98. The van der Waals surface area contributed by atoms with Gasteiger partial charge in [-0.1, -0.05) is 20.8 Å². The molecule has 1 saturated carbocycles. The first kappa shape index (κ1) is 15.3. The van der Waals surface area contributed by atoms with E-state index < -0.39 is 0 Å². The van der Waals surface area contributed by atoms with E-state index in [2.05, 4.69) is 43.2 Å². The van der Waals surface area contributed by atoms with E-state index in [0.717, 1.165) is 50.1 Å². The van der Waals surface area contributed by atoms with Crippen LogP contribution in [0.2, 0.25) is 0 Å². The lowest BCUT2D eigenvalue weighted by molar-refractivity contribution is 0.0966. The molecule has 1 aromatic rings. The molecule has 2 atom stereocenters. The molecule has 0 amide bonds. The largest absolute Gasteiger partial charge is 0.474 e. The fraction of sp³-hybridized carbons (Fsp3) is 0.706. The Kier molecular flexibility index (Phi) is 5.84. The zero-order valence-corrected chi connectivity index (χ0v) is 13.1. The van der Waals surface area contributed by atoms with E-state index in [1.807, 2.05) is 6.20 Å². The molecule has 112 valence electrons. The first-order chi connectivity index (χ1) is 9.67. The van der Waals surface area contributed by atoms with E-state index in [-0.39, 0.29) is 0 Å². The lowest BCUT2D eigenvalue weighted by atomic mass is 9.82. The quantitative estimate of drug-likeness (QED) is 0.803. The Balaban J connectivity index is 1.90. The molecule has 1 aliphatic carbocycles. The molecule has 1 N–H and O–H groups in total. The summed E-state index contributed by atoms with van der Waals surface area (Å²) >= 11 is 0. The number of ether oxygens (including phenoxy) is 1. The van der Waals surface area contributed by atoms with E-state index >= 15 is 0 Å². The lowest BCUT2D eigenvalue weighted by Gasteiger charge is -2.31. The molecule has 0 bridgehead atoms. The number of rotatable bonds is 6. The van der Waals surface area contributed by atoms with Crippen molar-refractivity contribution in [3.63, 3.8) is 0 Å². The lowest BCUT2D eigenvalue weighted by Crippen LogP contribution is -2.28. The topological polar surface area (TPSA) is 34.2 Å². The average Bonchev–Trinajstić information content (AvgIpc) is 2.38. The Morgan fingerprint density at radius 2 is 2.00 bits per heavy atom. The molecule has 1 heterocycles. The second-order valence-electron chi connectivity index (χ2n) is 6.34. The van der Waals surface area contributed by atoms with Crippen LogP contribution in [0, 0.1) is 11.8 Å². The Morgan fingerprint density at radius 3 is 2.70 bits per heavy atom. The van der Waals surface area contributed by atoms with Crippen LogP contribution in [0.4, 0.5) is 0 Å². The second-order valence-corrected chi connectivity index (χ2v) is 6.34. The summed E-state index contributed by atoms with van der Waals surface area (Å²) < 4.78 is 6.10. The molecule has 2 unspecified atom stereocenters. The van der Waals surface area contributed by atoms with Crippen LogP contribution in [0.1, 0.15) is 52.0 Å². The average molecular weight is 276 g/mol. The molecule has 1 fully saturated rings. The maximum absolute atomic E-state index is 6.10. The molecule has 2 rings (SSSR count). The van der Waals surface area contributed by atoms with Crippen LogP contribution in [0.3, 0.4) is 0 Å². The molecule has 3 heteroatoms. The van der Waals surface area contributed by atoms with Gasteiger partial charge in [-0.3, -0.25) is 0 Å². The first-order valence-corrected chi connectivity index (χ1v) is 7.99. The van der Waals surface area contributed by atoms with Crippen molar-refractivity contribution >= 4 is 0 Å². The van der Waals surface area contributed by atoms with Gasteiger partial charge < -0.3 is 10.1 Å². The molecule has 0 radical (unpaired) electrons. The summed E-state index contributed by atoms with van der Waals surface area (Å²) in [7, 11) is 0. The van der Waals surface area contributed by atoms with Gasteiger partial charge in [-0.05, 0) is 55.7 Å². The minimum Gasteiger partial charge on any atom is -0.474 e. The van der Waals surface area contributed by atoms with Gasteiger partial charge in [-0.15, -0.1) is 0 Å². The van der Waals surface area contributed by atoms with Crippen LogP contribution in [-0.2, 0) is 6.54 Å². The van der Waals surface area contributed by atoms with Crippen molar-refractivity contribution in [3.8, 4) is 5.88 Å². The minimum atomic E-state index is 0.333. The zero-order chi connectivity index (χ0) is 14.4. The Hall–Kier alpha value is -1.09. The minimum absolute atomic E-state index is 0.333. The standard InChI is InChI=1S/C17H28N2O/c1-4-6-18-12-15-5-7-19-17(11-15)20-16-9-13(2)8-14(3)10-16/h5,7,11,13-14,16,18H,4,6,8-10,12H2,1-3H3. The Morgan fingerprint density at radius 1 is 1.25 bits per heavy atom. The van der Waals surface area contributed by atoms with Crippen molar-refractivity contribution in [2.45, 2.75) is 59.1 Å². The van der Waals surface area contributed by atoms with Crippen molar-refractivity contribution in [2.75, 3.05) is 6.54 Å². The molecular formula is C17H28N2O. The second kappa shape index (κ2) is 7.63. The summed E-state index contributed by atoms with van der Waals surface area (Å²) in [6, 6.07) is 4.13. The molecule has 0 saturated heterocycles. The van der Waals surface area contributed by atoms with Crippen LogP contribution < -0.4 is 10.1 Å². The fourth-order valence-corrected chi connectivity index (χ4v) is 3.17. The molecule has 3 nitrogen and oxygen atoms in total. The molecule has 0 spiro atoms. The number of nitrogens with one attached hydrogen (secondary N) is 1. The van der Waals surface area contributed by atoms with Gasteiger partial charge in [-0.25, -0.2) is 4.98 Å². The fourth-order valence-electron chi connectivity index (χ4n) is 3.17. The van der Waals surface area contributed by atoms with Gasteiger partial charge in [0.2, 0.25) is 5.88 Å². The van der Waals surface area contributed by atoms with Gasteiger partial charge in [-0.2, -0.15) is 0 Å². The maximum atomic E-state index is 6.10. The van der Waals surface area contributed by atoms with Crippen molar-refractivity contribution < 1.29 is 4.74 Å². The summed E-state index contributed by atoms with van der Waals surface area (Å²) in [6.07, 6.45) is 6.99. The van der Waals surface area contributed by atoms with E-state index in [0.29, 0.717) is 6.10 Å². The van der Waals surface area contributed by atoms with E-state index in [4.69, 9.17) is 4.74 Å². The molecule has 20 heavy (non-hydrogen) atoms. The van der Waals surface area contributed by atoms with Crippen LogP contribution in [-0.4, -0.2) is 17.6 Å². The van der Waals surface area contributed by atoms with Gasteiger partial charge in [0.1, 0.15) is 6.10 Å². The van der Waals surface area contributed by atoms with Crippen molar-refractivity contribution in [3.05, 3.63) is 23.9 Å². The first-order valence-electron chi connectivity index (χ1n) is 7.99. The highest BCUT2D eigenvalue weighted by Crippen LogP contribution is 2.30. The van der Waals surface area contributed by atoms with Gasteiger partial charge in [0, 0.05) is 18.8 Å². The third-order valence-corrected chi connectivity index (χ3v) is 3.98. The van der Waals surface area contributed by atoms with E-state index in [1.54, 1.807) is 0 Å². The smallest absolute Gasteiger partial charge is 0.213 e. The molecule has 0 aliphatic heterocycles. The summed E-state index contributed by atoms with van der Waals surface area (Å²) in [5.74, 6) is 2.31. The molecule has 0 aromatic carbocycles. The molecular weight excluding hydrogens is 248 g/mol. The highest BCUT2D eigenvalue weighted by atomic mass is 16.5. The van der Waals surface area contributed by atoms with E-state index in [9.17, 15) is 0 Å². The number of hydrogen-bond acceptors (Lipinski definition) is 3. The Bertz CT molecular complexity index is 398. The van der Waals surface area contributed by atoms with Gasteiger partial charge in [0.25, 0.3) is 0 Å².